The van der Waals surface area contributed by atoms with Crippen molar-refractivity contribution < 1.29 is 13.9 Å². The fraction of sp³-hybridized carbons (Fsp3) is 0.200. The van der Waals surface area contributed by atoms with Crippen molar-refractivity contribution in [2.45, 2.75) is 13.1 Å². The largest absolute Gasteiger partial charge is 0.454 e. The lowest BCUT2D eigenvalue weighted by atomic mass is 10.2. The van der Waals surface area contributed by atoms with Crippen molar-refractivity contribution in [3.8, 4) is 17.2 Å². The molecule has 0 amide bonds. The van der Waals surface area contributed by atoms with E-state index in [9.17, 15) is 4.39 Å². The van der Waals surface area contributed by atoms with E-state index in [1.54, 1.807) is 36.4 Å². The number of imidazole rings is 1. The third-order valence-electron chi connectivity index (χ3n) is 4.38. The Labute approximate surface area is 185 Å². The predicted molar refractivity (Wildman–Crippen MR) is 119 cm³/mol. The number of hydrogen-bond donors (Lipinski definition) is 2. The van der Waals surface area contributed by atoms with Crippen LogP contribution in [0.2, 0.25) is 0 Å². The summed E-state index contributed by atoms with van der Waals surface area (Å²) in [6.07, 6.45) is 4.89. The Morgan fingerprint density at radius 2 is 1.83 bits per heavy atom. The zero-order valence-corrected chi connectivity index (χ0v) is 18.1. The van der Waals surface area contributed by atoms with Crippen LogP contribution in [0.5, 0.6) is 11.5 Å². The van der Waals surface area contributed by atoms with Gasteiger partial charge in [0.1, 0.15) is 5.82 Å². The summed E-state index contributed by atoms with van der Waals surface area (Å²) in [7, 11) is 1.69. The second-order valence-corrected chi connectivity index (χ2v) is 6.22. The Bertz CT molecular complexity index is 995. The second-order valence-electron chi connectivity index (χ2n) is 6.22. The average Bonchev–Trinajstić information content (AvgIpc) is 3.39. The Morgan fingerprint density at radius 1 is 1.10 bits per heavy atom. The van der Waals surface area contributed by atoms with Crippen LogP contribution in [-0.4, -0.2) is 29.4 Å². The van der Waals surface area contributed by atoms with E-state index in [4.69, 9.17) is 9.47 Å². The summed E-state index contributed by atoms with van der Waals surface area (Å²) in [4.78, 5) is 8.15. The quantitative estimate of drug-likeness (QED) is 0.314. The predicted octanol–water partition coefficient (Wildman–Crippen LogP) is 3.22. The van der Waals surface area contributed by atoms with Gasteiger partial charge in [0.15, 0.2) is 17.5 Å². The van der Waals surface area contributed by atoms with Gasteiger partial charge in [0, 0.05) is 32.5 Å². The SMILES string of the molecule is CN=C(NCc1ccc(-n2ccnc2)c(F)c1)NCc1ccc2c(c1)OCO2.I. The topological polar surface area (TPSA) is 72.7 Å². The molecule has 3 aromatic rings. The number of rotatable bonds is 5. The summed E-state index contributed by atoms with van der Waals surface area (Å²) in [5.74, 6) is 1.82. The number of aliphatic imine (C=N–C) groups is 1. The molecule has 1 aliphatic heterocycles. The second kappa shape index (κ2) is 9.59. The summed E-state index contributed by atoms with van der Waals surface area (Å²) in [6.45, 7) is 1.28. The number of fused-ring (bicyclic) bond motifs is 1. The summed E-state index contributed by atoms with van der Waals surface area (Å²) in [5.41, 5.74) is 2.32. The summed E-state index contributed by atoms with van der Waals surface area (Å²) >= 11 is 0. The molecule has 0 unspecified atom stereocenters. The number of aromatic nitrogens is 2. The van der Waals surface area contributed by atoms with E-state index in [-0.39, 0.29) is 36.6 Å². The fourth-order valence-corrected chi connectivity index (χ4v) is 2.91. The number of nitrogens with one attached hydrogen (secondary N) is 2. The zero-order valence-electron chi connectivity index (χ0n) is 15.8. The van der Waals surface area contributed by atoms with Gasteiger partial charge in [-0.15, -0.1) is 24.0 Å². The van der Waals surface area contributed by atoms with Gasteiger partial charge in [-0.2, -0.15) is 0 Å². The first-order valence-electron chi connectivity index (χ1n) is 8.83. The molecule has 29 heavy (non-hydrogen) atoms. The fourth-order valence-electron chi connectivity index (χ4n) is 2.91. The minimum atomic E-state index is -0.305. The molecule has 0 saturated carbocycles. The normalized spacial score (nSPS) is 12.4. The van der Waals surface area contributed by atoms with Crippen LogP contribution < -0.4 is 20.1 Å². The number of halogens is 2. The Morgan fingerprint density at radius 3 is 2.52 bits per heavy atom. The number of benzene rings is 2. The third kappa shape index (κ3) is 4.97. The average molecular weight is 509 g/mol. The molecule has 2 heterocycles. The van der Waals surface area contributed by atoms with Gasteiger partial charge in [-0.1, -0.05) is 12.1 Å². The summed E-state index contributed by atoms with van der Waals surface area (Å²) < 4.78 is 26.7. The van der Waals surface area contributed by atoms with E-state index in [1.165, 1.54) is 6.07 Å². The molecule has 0 atom stereocenters. The Balaban J connectivity index is 0.00000240. The van der Waals surface area contributed by atoms with Crippen LogP contribution in [0.4, 0.5) is 4.39 Å². The van der Waals surface area contributed by atoms with E-state index in [1.807, 2.05) is 24.3 Å². The lowest BCUT2D eigenvalue weighted by Gasteiger charge is -2.13. The number of hydrogen-bond acceptors (Lipinski definition) is 4. The summed E-state index contributed by atoms with van der Waals surface area (Å²) in [6, 6.07) is 10.9. The molecule has 4 rings (SSSR count). The third-order valence-corrected chi connectivity index (χ3v) is 4.38. The molecule has 1 aliphatic rings. The highest BCUT2D eigenvalue weighted by Crippen LogP contribution is 2.32. The monoisotopic (exact) mass is 509 g/mol. The van der Waals surface area contributed by atoms with Crippen molar-refractivity contribution in [2.75, 3.05) is 13.8 Å². The number of ether oxygens (including phenoxy) is 2. The highest BCUT2D eigenvalue weighted by atomic mass is 127. The standard InChI is InChI=1S/C20H20FN5O2.HI/c1-22-20(25-11-15-3-5-18-19(9-15)28-13-27-18)24-10-14-2-4-17(16(21)8-14)26-7-6-23-12-26;/h2-9,12H,10-11,13H2,1H3,(H2,22,24,25);1H. The first-order chi connectivity index (χ1) is 13.7. The minimum absolute atomic E-state index is 0. The van der Waals surface area contributed by atoms with Crippen LogP contribution in [0, 0.1) is 5.82 Å². The molecule has 0 bridgehead atoms. The van der Waals surface area contributed by atoms with Gasteiger partial charge in [-0.05, 0) is 35.4 Å². The van der Waals surface area contributed by atoms with E-state index in [2.05, 4.69) is 20.6 Å². The molecule has 0 fully saturated rings. The molecule has 1 aromatic heterocycles. The van der Waals surface area contributed by atoms with Gasteiger partial charge in [0.25, 0.3) is 0 Å². The molecule has 152 valence electrons. The first-order valence-corrected chi connectivity index (χ1v) is 8.83. The molecule has 0 radical (unpaired) electrons. The molecule has 0 saturated heterocycles. The van der Waals surface area contributed by atoms with Gasteiger partial charge >= 0.3 is 0 Å². The van der Waals surface area contributed by atoms with Crippen molar-refractivity contribution in [3.05, 3.63) is 72.1 Å². The molecular weight excluding hydrogens is 488 g/mol. The van der Waals surface area contributed by atoms with E-state index >= 15 is 0 Å². The highest BCUT2D eigenvalue weighted by molar-refractivity contribution is 14.0. The van der Waals surface area contributed by atoms with Gasteiger partial charge in [-0.25, -0.2) is 9.37 Å². The van der Waals surface area contributed by atoms with Gasteiger partial charge in [0.05, 0.1) is 12.0 Å². The van der Waals surface area contributed by atoms with E-state index < -0.39 is 0 Å². The number of nitrogens with zero attached hydrogens (tertiary/aromatic N) is 3. The van der Waals surface area contributed by atoms with Crippen LogP contribution in [0.25, 0.3) is 5.69 Å². The maximum Gasteiger partial charge on any atom is 0.231 e. The van der Waals surface area contributed by atoms with Crippen molar-refractivity contribution in [1.82, 2.24) is 20.2 Å². The molecule has 7 nitrogen and oxygen atoms in total. The van der Waals surface area contributed by atoms with Gasteiger partial charge in [-0.3, -0.25) is 4.99 Å². The number of guanidine groups is 1. The smallest absolute Gasteiger partial charge is 0.231 e. The highest BCUT2D eigenvalue weighted by Gasteiger charge is 2.13. The van der Waals surface area contributed by atoms with Crippen molar-refractivity contribution >= 4 is 29.9 Å². The molecule has 2 aromatic carbocycles. The molecule has 2 N–H and O–H groups in total. The van der Waals surface area contributed by atoms with Crippen LogP contribution >= 0.6 is 24.0 Å². The first kappa shape index (κ1) is 20.9. The maximum atomic E-state index is 14.4. The van der Waals surface area contributed by atoms with Crippen molar-refractivity contribution in [1.29, 1.82) is 0 Å². The molecule has 0 aliphatic carbocycles. The van der Waals surface area contributed by atoms with Crippen LogP contribution in [0.15, 0.2) is 60.1 Å². The molecular formula is C20H21FIN5O2. The Kier molecular flexibility index (Phi) is 6.91. The van der Waals surface area contributed by atoms with E-state index in [0.29, 0.717) is 24.7 Å². The van der Waals surface area contributed by atoms with Gasteiger partial charge < -0.3 is 24.7 Å². The Hall–Kier alpha value is -2.82. The van der Waals surface area contributed by atoms with Crippen molar-refractivity contribution in [2.24, 2.45) is 4.99 Å². The maximum absolute atomic E-state index is 14.4. The van der Waals surface area contributed by atoms with Crippen molar-refractivity contribution in [3.63, 3.8) is 0 Å². The summed E-state index contributed by atoms with van der Waals surface area (Å²) in [5, 5.41) is 6.42. The molecule has 9 heteroatoms. The van der Waals surface area contributed by atoms with E-state index in [0.717, 1.165) is 22.6 Å². The van der Waals surface area contributed by atoms with Crippen LogP contribution in [0.1, 0.15) is 11.1 Å². The lowest BCUT2D eigenvalue weighted by Crippen LogP contribution is -2.36. The van der Waals surface area contributed by atoms with Crippen LogP contribution in [-0.2, 0) is 13.1 Å². The van der Waals surface area contributed by atoms with Gasteiger partial charge in [0.2, 0.25) is 6.79 Å². The lowest BCUT2D eigenvalue weighted by molar-refractivity contribution is 0.174. The molecule has 0 spiro atoms. The zero-order chi connectivity index (χ0) is 19.3. The minimum Gasteiger partial charge on any atom is -0.454 e. The van der Waals surface area contributed by atoms with Crippen LogP contribution in [0.3, 0.4) is 0 Å².